The van der Waals surface area contributed by atoms with Crippen LogP contribution in [0.5, 0.6) is 11.5 Å². The number of ether oxygens (including phenoxy) is 2. The number of carboxylic acid groups (broad SMARTS) is 1. The number of benzene rings is 1. The molecule has 4 nitrogen and oxygen atoms in total. The molecule has 1 saturated carbocycles. The summed E-state index contributed by atoms with van der Waals surface area (Å²) in [6, 6.07) is 1.86. The van der Waals surface area contributed by atoms with Crippen molar-refractivity contribution in [2.75, 3.05) is 0 Å². The quantitative estimate of drug-likeness (QED) is 0.817. The van der Waals surface area contributed by atoms with Crippen LogP contribution in [0.3, 0.4) is 0 Å². The Balaban J connectivity index is 2.11. The molecule has 1 aromatic carbocycles. The molecule has 10 heteroatoms. The Bertz CT molecular complexity index is 726. The van der Waals surface area contributed by atoms with Gasteiger partial charge in [0.25, 0.3) is 0 Å². The van der Waals surface area contributed by atoms with Crippen molar-refractivity contribution in [3.63, 3.8) is 0 Å². The molecule has 1 aliphatic heterocycles. The van der Waals surface area contributed by atoms with Crippen molar-refractivity contribution in [2.24, 2.45) is 5.41 Å². The fraction of sp³-hybridized carbons (Fsp3) is 0.533. The molecule has 3 rings (SSSR count). The van der Waals surface area contributed by atoms with E-state index in [1.807, 2.05) is 0 Å². The monoisotopic (exact) mass is 370 g/mol. The molecule has 3 unspecified atom stereocenters. The summed E-state index contributed by atoms with van der Waals surface area (Å²) < 4.78 is 86.0. The zero-order chi connectivity index (χ0) is 18.8. The van der Waals surface area contributed by atoms with Crippen molar-refractivity contribution in [2.45, 2.75) is 44.3 Å². The van der Waals surface area contributed by atoms with Crippen LogP contribution in [0.1, 0.15) is 30.4 Å². The van der Waals surface area contributed by atoms with Gasteiger partial charge in [0.2, 0.25) is 6.10 Å². The predicted octanol–water partition coefficient (Wildman–Crippen LogP) is 4.03. The second kappa shape index (κ2) is 5.18. The van der Waals surface area contributed by atoms with E-state index >= 15 is 0 Å². The first-order valence-electron chi connectivity index (χ1n) is 7.29. The van der Waals surface area contributed by atoms with Gasteiger partial charge in [0, 0.05) is 11.5 Å². The minimum absolute atomic E-state index is 0.00139. The van der Waals surface area contributed by atoms with Crippen LogP contribution < -0.4 is 9.47 Å². The van der Waals surface area contributed by atoms with Crippen molar-refractivity contribution in [3.8, 4) is 11.5 Å². The van der Waals surface area contributed by atoms with Gasteiger partial charge in [-0.2, -0.15) is 13.2 Å². The highest BCUT2D eigenvalue weighted by Gasteiger charge is 2.76. The Morgan fingerprint density at radius 2 is 1.96 bits per heavy atom. The smallest absolute Gasteiger partial charge is 0.481 e. The highest BCUT2D eigenvalue weighted by atomic mass is 19.4. The largest absolute Gasteiger partial charge is 0.573 e. The molecule has 1 aromatic rings. The van der Waals surface area contributed by atoms with Gasteiger partial charge >= 0.3 is 18.5 Å². The van der Waals surface area contributed by atoms with Crippen molar-refractivity contribution in [3.05, 3.63) is 23.3 Å². The molecule has 3 atom stereocenters. The van der Waals surface area contributed by atoms with Crippen LogP contribution in [0.2, 0.25) is 0 Å². The second-order valence-corrected chi connectivity index (χ2v) is 6.04. The first kappa shape index (κ1) is 17.7. The molecule has 0 spiro atoms. The first-order chi connectivity index (χ1) is 11.4. The maximum absolute atomic E-state index is 13.3. The van der Waals surface area contributed by atoms with Crippen LogP contribution in [-0.2, 0) is 11.2 Å². The van der Waals surface area contributed by atoms with Gasteiger partial charge in [-0.3, -0.25) is 4.79 Å². The van der Waals surface area contributed by atoms with Crippen molar-refractivity contribution in [1.82, 2.24) is 0 Å². The second-order valence-electron chi connectivity index (χ2n) is 6.04. The van der Waals surface area contributed by atoms with E-state index in [4.69, 9.17) is 4.74 Å². The van der Waals surface area contributed by atoms with Crippen LogP contribution in [0.15, 0.2) is 12.1 Å². The summed E-state index contributed by atoms with van der Waals surface area (Å²) in [6.07, 6.45) is -12.7. The zero-order valence-electron chi connectivity index (χ0n) is 12.7. The van der Waals surface area contributed by atoms with Crippen LogP contribution in [0, 0.1) is 5.41 Å². The first-order valence-corrected chi connectivity index (χ1v) is 7.29. The molecule has 1 N–H and O–H groups in total. The minimum Gasteiger partial charge on any atom is -0.481 e. The lowest BCUT2D eigenvalue weighted by atomic mass is 9.88. The number of hydrogen-bond donors (Lipinski definition) is 1. The third-order valence-corrected chi connectivity index (χ3v) is 4.56. The van der Waals surface area contributed by atoms with Gasteiger partial charge < -0.3 is 14.6 Å². The highest BCUT2D eigenvalue weighted by molar-refractivity contribution is 5.83. The standard InChI is InChI=1S/C15H12F6O4/c1-2-6-3-7(25-15(19,20)21)4-8-9-5-13(9,12(22)23)11(14(16,17)18)24-10(6)8/h3-4,9,11H,2,5H2,1H3,(H,22,23). The summed E-state index contributed by atoms with van der Waals surface area (Å²) in [5, 5.41) is 9.29. The number of hydrogen-bond acceptors (Lipinski definition) is 3. The van der Waals surface area contributed by atoms with Crippen molar-refractivity contribution < 1.29 is 45.7 Å². The van der Waals surface area contributed by atoms with E-state index < -0.39 is 41.7 Å². The van der Waals surface area contributed by atoms with Gasteiger partial charge in [0.05, 0.1) is 0 Å². The van der Waals surface area contributed by atoms with E-state index in [1.54, 1.807) is 0 Å². The topological polar surface area (TPSA) is 55.8 Å². The average Bonchev–Trinajstić information content (AvgIpc) is 3.20. The Morgan fingerprint density at radius 3 is 2.44 bits per heavy atom. The van der Waals surface area contributed by atoms with Gasteiger partial charge in [0.1, 0.15) is 16.9 Å². The SMILES string of the molecule is CCc1cc(OC(F)(F)F)cc2c1OC(C(F)(F)F)C1(C(=O)O)CC21. The van der Waals surface area contributed by atoms with E-state index in [9.17, 15) is 36.2 Å². The number of carbonyl (C=O) groups is 1. The van der Waals surface area contributed by atoms with E-state index in [1.165, 1.54) is 6.92 Å². The van der Waals surface area contributed by atoms with Crippen LogP contribution in [0.25, 0.3) is 0 Å². The molecule has 1 fully saturated rings. The van der Waals surface area contributed by atoms with E-state index in [-0.39, 0.29) is 29.7 Å². The van der Waals surface area contributed by atoms with E-state index in [0.717, 1.165) is 12.1 Å². The molecule has 0 amide bonds. The Hall–Kier alpha value is -2.13. The van der Waals surface area contributed by atoms with Gasteiger partial charge in [0.15, 0.2) is 0 Å². The number of rotatable bonds is 3. The molecule has 138 valence electrons. The fourth-order valence-corrected chi connectivity index (χ4v) is 3.43. The average molecular weight is 370 g/mol. The van der Waals surface area contributed by atoms with E-state index in [2.05, 4.69) is 4.74 Å². The number of halogens is 6. The number of carboxylic acids is 1. The number of aryl methyl sites for hydroxylation is 1. The predicted molar refractivity (Wildman–Crippen MR) is 70.4 cm³/mol. The molecule has 2 aliphatic rings. The lowest BCUT2D eigenvalue weighted by Crippen LogP contribution is -2.48. The van der Waals surface area contributed by atoms with Gasteiger partial charge in [-0.1, -0.05) is 6.92 Å². The number of alkyl halides is 6. The molecule has 1 aliphatic carbocycles. The Kier molecular flexibility index (Phi) is 3.67. The molecular formula is C15H12F6O4. The van der Waals surface area contributed by atoms with Crippen LogP contribution in [0.4, 0.5) is 26.3 Å². The highest BCUT2D eigenvalue weighted by Crippen LogP contribution is 2.69. The third-order valence-electron chi connectivity index (χ3n) is 4.56. The third kappa shape index (κ3) is 2.77. The summed E-state index contributed by atoms with van der Waals surface area (Å²) >= 11 is 0. The zero-order valence-corrected chi connectivity index (χ0v) is 12.7. The normalized spacial score (nSPS) is 27.8. The van der Waals surface area contributed by atoms with Gasteiger partial charge in [-0.25, -0.2) is 0 Å². The maximum atomic E-state index is 13.3. The summed E-state index contributed by atoms with van der Waals surface area (Å²) in [7, 11) is 0. The van der Waals surface area contributed by atoms with E-state index in [0.29, 0.717) is 0 Å². The summed E-state index contributed by atoms with van der Waals surface area (Å²) in [6.45, 7) is 1.53. The summed E-state index contributed by atoms with van der Waals surface area (Å²) in [5.41, 5.74) is -2.12. The molecule has 1 heterocycles. The fourth-order valence-electron chi connectivity index (χ4n) is 3.43. The molecule has 0 bridgehead atoms. The molecule has 0 saturated heterocycles. The summed E-state index contributed by atoms with van der Waals surface area (Å²) in [4.78, 5) is 11.5. The van der Waals surface area contributed by atoms with Gasteiger partial charge in [-0.05, 0) is 30.5 Å². The molecule has 0 radical (unpaired) electrons. The number of fused-ring (bicyclic) bond motifs is 3. The maximum Gasteiger partial charge on any atom is 0.573 e. The lowest BCUT2D eigenvalue weighted by molar-refractivity contribution is -0.274. The van der Waals surface area contributed by atoms with Crippen LogP contribution >= 0.6 is 0 Å². The number of aliphatic carboxylic acids is 1. The van der Waals surface area contributed by atoms with Crippen molar-refractivity contribution in [1.29, 1.82) is 0 Å². The lowest BCUT2D eigenvalue weighted by Gasteiger charge is -2.34. The molecular weight excluding hydrogens is 358 g/mol. The molecule has 0 aromatic heterocycles. The minimum atomic E-state index is -4.98. The summed E-state index contributed by atoms with van der Waals surface area (Å²) in [5.74, 6) is -3.59. The Labute approximate surface area is 137 Å². The van der Waals surface area contributed by atoms with Crippen LogP contribution in [-0.4, -0.2) is 29.7 Å². The Morgan fingerprint density at radius 1 is 1.32 bits per heavy atom. The van der Waals surface area contributed by atoms with Gasteiger partial charge in [-0.15, -0.1) is 13.2 Å². The van der Waals surface area contributed by atoms with Crippen molar-refractivity contribution >= 4 is 5.97 Å². The molecule has 25 heavy (non-hydrogen) atoms.